The second kappa shape index (κ2) is 7.28. The van der Waals surface area contributed by atoms with E-state index in [1.165, 1.54) is 0 Å². The Labute approximate surface area is 153 Å². The minimum absolute atomic E-state index is 0.328. The molecule has 0 aliphatic rings. The van der Waals surface area contributed by atoms with Crippen LogP contribution in [-0.4, -0.2) is 29.1 Å². The fraction of sp³-hybridized carbons (Fsp3) is 0.381. The van der Waals surface area contributed by atoms with Crippen LogP contribution < -0.4 is 5.32 Å². The Morgan fingerprint density at radius 2 is 2.04 bits per heavy atom. The highest BCUT2D eigenvalue weighted by Crippen LogP contribution is 2.33. The molecule has 0 amide bonds. The zero-order valence-electron chi connectivity index (χ0n) is 16.0. The average Bonchev–Trinajstić information content (AvgIpc) is 2.60. The summed E-state index contributed by atoms with van der Waals surface area (Å²) in [5, 5.41) is 5.31. The number of rotatable bonds is 5. The number of pyridine rings is 2. The van der Waals surface area contributed by atoms with Gasteiger partial charge in [-0.3, -0.25) is 9.97 Å². The Morgan fingerprint density at radius 3 is 2.73 bits per heavy atom. The van der Waals surface area contributed by atoms with Crippen molar-refractivity contribution in [3.8, 4) is 0 Å². The lowest BCUT2D eigenvalue weighted by molar-refractivity contribution is 0.0527. The molecule has 0 radical (unpaired) electrons. The van der Waals surface area contributed by atoms with Crippen molar-refractivity contribution >= 4 is 33.5 Å². The first-order valence-electron chi connectivity index (χ1n) is 9.03. The van der Waals surface area contributed by atoms with Gasteiger partial charge in [-0.25, -0.2) is 4.79 Å². The molecular weight excluding hydrogens is 326 g/mol. The maximum Gasteiger partial charge on any atom is 0.341 e. The zero-order chi connectivity index (χ0) is 18.8. The first kappa shape index (κ1) is 18.1. The van der Waals surface area contributed by atoms with Crippen molar-refractivity contribution in [1.82, 2.24) is 9.97 Å². The summed E-state index contributed by atoms with van der Waals surface area (Å²) in [5.41, 5.74) is 4.98. The number of benzene rings is 1. The van der Waals surface area contributed by atoms with Gasteiger partial charge >= 0.3 is 5.97 Å². The molecule has 5 heteroatoms. The Morgan fingerprint density at radius 1 is 1.27 bits per heavy atom. The molecule has 0 saturated carbocycles. The van der Waals surface area contributed by atoms with Gasteiger partial charge in [-0.15, -0.1) is 0 Å². The van der Waals surface area contributed by atoms with E-state index < -0.39 is 0 Å². The second-order valence-electron chi connectivity index (χ2n) is 6.98. The summed E-state index contributed by atoms with van der Waals surface area (Å²) in [5.74, 6) is 0.0705. The fourth-order valence-corrected chi connectivity index (χ4v) is 3.09. The van der Waals surface area contributed by atoms with Crippen LogP contribution in [0.3, 0.4) is 0 Å². The third-order valence-electron chi connectivity index (χ3n) is 4.32. The third kappa shape index (κ3) is 3.34. The maximum absolute atomic E-state index is 12.5. The molecule has 0 fully saturated rings. The van der Waals surface area contributed by atoms with E-state index in [0.717, 1.165) is 45.3 Å². The Hall–Kier alpha value is -2.69. The van der Waals surface area contributed by atoms with Crippen molar-refractivity contribution in [1.29, 1.82) is 0 Å². The molecule has 0 atom stereocenters. The molecule has 26 heavy (non-hydrogen) atoms. The van der Waals surface area contributed by atoms with Gasteiger partial charge in [-0.1, -0.05) is 25.5 Å². The molecule has 2 aromatic heterocycles. The molecule has 136 valence electrons. The molecular formula is C21H25N3O2. The second-order valence-corrected chi connectivity index (χ2v) is 6.98. The number of carbonyl (C=O) groups excluding carboxylic acids is 1. The molecule has 3 aromatic rings. The number of anilines is 1. The Kier molecular flexibility index (Phi) is 5.07. The van der Waals surface area contributed by atoms with E-state index in [1.54, 1.807) is 13.1 Å². The van der Waals surface area contributed by atoms with Gasteiger partial charge in [-0.05, 0) is 38.8 Å². The third-order valence-corrected chi connectivity index (χ3v) is 4.32. The van der Waals surface area contributed by atoms with E-state index in [4.69, 9.17) is 9.72 Å². The first-order chi connectivity index (χ1) is 12.4. The van der Waals surface area contributed by atoms with Crippen LogP contribution in [-0.2, 0) is 4.74 Å². The standard InChI is InChI=1S/C21H25N3O2/c1-6-26-21(25)16-11-23-19-15-9-13(4)7-8-17(15)24-14(5)18(19)20(16)22-10-12(2)3/h7-9,11-12H,6,10H2,1-5H3,(H,22,23). The smallest absolute Gasteiger partial charge is 0.341 e. The van der Waals surface area contributed by atoms with Crippen LogP contribution in [0, 0.1) is 19.8 Å². The average molecular weight is 351 g/mol. The number of ether oxygens (including phenoxy) is 1. The number of aryl methyl sites for hydroxylation is 2. The molecule has 5 nitrogen and oxygen atoms in total. The largest absolute Gasteiger partial charge is 0.462 e. The lowest BCUT2D eigenvalue weighted by atomic mass is 10.0. The van der Waals surface area contributed by atoms with E-state index in [1.807, 2.05) is 19.1 Å². The molecule has 0 bridgehead atoms. The van der Waals surface area contributed by atoms with Crippen LogP contribution >= 0.6 is 0 Å². The van der Waals surface area contributed by atoms with E-state index in [9.17, 15) is 4.79 Å². The van der Waals surface area contributed by atoms with Gasteiger partial charge in [0.1, 0.15) is 5.56 Å². The van der Waals surface area contributed by atoms with Gasteiger partial charge in [0.25, 0.3) is 0 Å². The predicted molar refractivity (Wildman–Crippen MR) is 106 cm³/mol. The summed E-state index contributed by atoms with van der Waals surface area (Å²) in [7, 11) is 0. The number of hydrogen-bond acceptors (Lipinski definition) is 5. The molecule has 1 N–H and O–H groups in total. The van der Waals surface area contributed by atoms with Gasteiger partial charge < -0.3 is 10.1 Å². The highest BCUT2D eigenvalue weighted by atomic mass is 16.5. The van der Waals surface area contributed by atoms with Gasteiger partial charge in [0, 0.05) is 29.2 Å². The minimum Gasteiger partial charge on any atom is -0.462 e. The van der Waals surface area contributed by atoms with E-state index in [0.29, 0.717) is 18.1 Å². The predicted octanol–water partition coefficient (Wildman–Crippen LogP) is 4.64. The van der Waals surface area contributed by atoms with Crippen molar-refractivity contribution < 1.29 is 9.53 Å². The molecule has 0 unspecified atom stereocenters. The van der Waals surface area contributed by atoms with Gasteiger partial charge in [0.15, 0.2) is 0 Å². The van der Waals surface area contributed by atoms with Crippen molar-refractivity contribution in [2.45, 2.75) is 34.6 Å². The number of aromatic nitrogens is 2. The quantitative estimate of drug-likeness (QED) is 0.536. The van der Waals surface area contributed by atoms with Crippen LogP contribution in [0.4, 0.5) is 5.69 Å². The number of esters is 1. The van der Waals surface area contributed by atoms with Crippen LogP contribution in [0.5, 0.6) is 0 Å². The summed E-state index contributed by atoms with van der Waals surface area (Å²) >= 11 is 0. The van der Waals surface area contributed by atoms with Crippen molar-refractivity contribution in [3.63, 3.8) is 0 Å². The minimum atomic E-state index is -0.364. The van der Waals surface area contributed by atoms with E-state index in [2.05, 4.69) is 37.1 Å². The number of carbonyl (C=O) groups is 1. The molecule has 0 aliphatic carbocycles. The van der Waals surface area contributed by atoms with Crippen LogP contribution in [0.25, 0.3) is 21.8 Å². The first-order valence-corrected chi connectivity index (χ1v) is 9.03. The monoisotopic (exact) mass is 351 g/mol. The van der Waals surface area contributed by atoms with E-state index in [-0.39, 0.29) is 5.97 Å². The van der Waals surface area contributed by atoms with Crippen LogP contribution in [0.15, 0.2) is 24.4 Å². The zero-order valence-corrected chi connectivity index (χ0v) is 16.0. The Bertz CT molecular complexity index is 980. The molecule has 2 heterocycles. The highest BCUT2D eigenvalue weighted by Gasteiger charge is 2.20. The summed E-state index contributed by atoms with van der Waals surface area (Å²) in [6, 6.07) is 6.15. The Balaban J connectivity index is 2.33. The molecule has 1 aromatic carbocycles. The summed E-state index contributed by atoms with van der Waals surface area (Å²) < 4.78 is 5.23. The SMILES string of the molecule is CCOC(=O)c1cnc2c(c(C)nc3ccc(C)cc32)c1NCC(C)C. The molecule has 0 saturated heterocycles. The maximum atomic E-state index is 12.5. The number of hydrogen-bond donors (Lipinski definition) is 1. The summed E-state index contributed by atoms with van der Waals surface area (Å²) in [6.45, 7) is 11.1. The van der Waals surface area contributed by atoms with Crippen molar-refractivity contribution in [2.75, 3.05) is 18.5 Å². The normalized spacial score (nSPS) is 11.3. The van der Waals surface area contributed by atoms with Crippen LogP contribution in [0.2, 0.25) is 0 Å². The topological polar surface area (TPSA) is 64.1 Å². The van der Waals surface area contributed by atoms with E-state index >= 15 is 0 Å². The van der Waals surface area contributed by atoms with Crippen LogP contribution in [0.1, 0.15) is 42.4 Å². The molecule has 0 aliphatic heterocycles. The highest BCUT2D eigenvalue weighted by molar-refractivity contribution is 6.13. The lowest BCUT2D eigenvalue weighted by Crippen LogP contribution is -2.15. The number of nitrogens with zero attached hydrogens (tertiary/aromatic N) is 2. The van der Waals surface area contributed by atoms with Gasteiger partial charge in [0.2, 0.25) is 0 Å². The fourth-order valence-electron chi connectivity index (χ4n) is 3.09. The van der Waals surface area contributed by atoms with Crippen molar-refractivity contribution in [2.24, 2.45) is 5.92 Å². The van der Waals surface area contributed by atoms with Gasteiger partial charge in [0.05, 0.1) is 23.3 Å². The number of nitrogens with one attached hydrogen (secondary N) is 1. The summed E-state index contributed by atoms with van der Waals surface area (Å²) in [4.78, 5) is 21.8. The van der Waals surface area contributed by atoms with Gasteiger partial charge in [-0.2, -0.15) is 0 Å². The molecule has 3 rings (SSSR count). The summed E-state index contributed by atoms with van der Waals surface area (Å²) in [6.07, 6.45) is 1.62. The lowest BCUT2D eigenvalue weighted by Gasteiger charge is -2.17. The number of fused-ring (bicyclic) bond motifs is 3. The van der Waals surface area contributed by atoms with Crippen molar-refractivity contribution in [3.05, 3.63) is 41.2 Å². The molecule has 0 spiro atoms.